The Bertz CT molecular complexity index is 950. The van der Waals surface area contributed by atoms with Crippen LogP contribution in [0.1, 0.15) is 40.0 Å². The largest absolute Gasteiger partial charge is 0.298 e. The molecule has 4 rings (SSSR count). The molecule has 3 aromatic rings. The molecular weight excluding hydrogens is 310 g/mol. The minimum absolute atomic E-state index is 0.640. The SMILES string of the molecule is Cc1ccc(-c2ncc3c(n2)CCCC3)nc1-c1ccccc1C=O. The predicted octanol–water partition coefficient (Wildman–Crippen LogP) is 4.21. The second kappa shape index (κ2) is 6.55. The molecule has 4 nitrogen and oxygen atoms in total. The van der Waals surface area contributed by atoms with Crippen LogP contribution >= 0.6 is 0 Å². The first kappa shape index (κ1) is 15.6. The molecule has 2 heterocycles. The lowest BCUT2D eigenvalue weighted by Crippen LogP contribution is -2.08. The van der Waals surface area contributed by atoms with E-state index in [1.54, 1.807) is 0 Å². The molecule has 0 spiro atoms. The molecular formula is C21H19N3O. The number of carbonyl (C=O) groups excluding carboxylic acids is 1. The number of carbonyl (C=O) groups is 1. The molecule has 124 valence electrons. The van der Waals surface area contributed by atoms with E-state index in [0.29, 0.717) is 11.4 Å². The maximum Gasteiger partial charge on any atom is 0.178 e. The van der Waals surface area contributed by atoms with Gasteiger partial charge in [0, 0.05) is 23.0 Å². The Balaban J connectivity index is 1.81. The Hall–Kier alpha value is -2.88. The second-order valence-electron chi connectivity index (χ2n) is 6.44. The number of aryl methyl sites for hydroxylation is 3. The van der Waals surface area contributed by atoms with Crippen LogP contribution in [0.15, 0.2) is 42.6 Å². The maximum atomic E-state index is 11.4. The molecule has 2 aromatic heterocycles. The summed E-state index contributed by atoms with van der Waals surface area (Å²) in [6, 6.07) is 11.5. The van der Waals surface area contributed by atoms with Gasteiger partial charge in [-0.2, -0.15) is 0 Å². The number of benzene rings is 1. The van der Waals surface area contributed by atoms with Gasteiger partial charge < -0.3 is 0 Å². The number of fused-ring (bicyclic) bond motifs is 1. The van der Waals surface area contributed by atoms with E-state index < -0.39 is 0 Å². The van der Waals surface area contributed by atoms with Crippen LogP contribution in [0.3, 0.4) is 0 Å². The molecule has 0 saturated heterocycles. The summed E-state index contributed by atoms with van der Waals surface area (Å²) in [4.78, 5) is 25.4. The average molecular weight is 329 g/mol. The summed E-state index contributed by atoms with van der Waals surface area (Å²) in [6.07, 6.45) is 7.29. The van der Waals surface area contributed by atoms with Gasteiger partial charge in [0.25, 0.3) is 0 Å². The number of rotatable bonds is 3. The Morgan fingerprint density at radius 3 is 2.72 bits per heavy atom. The van der Waals surface area contributed by atoms with Gasteiger partial charge in [-0.1, -0.05) is 30.3 Å². The van der Waals surface area contributed by atoms with Crippen molar-refractivity contribution in [2.24, 2.45) is 0 Å². The number of hydrogen-bond acceptors (Lipinski definition) is 4. The molecule has 1 aliphatic carbocycles. The van der Waals surface area contributed by atoms with Crippen molar-refractivity contribution >= 4 is 6.29 Å². The Morgan fingerprint density at radius 2 is 1.84 bits per heavy atom. The van der Waals surface area contributed by atoms with Gasteiger partial charge in [0.1, 0.15) is 5.69 Å². The first-order chi connectivity index (χ1) is 12.3. The summed E-state index contributed by atoms with van der Waals surface area (Å²) in [7, 11) is 0. The molecule has 0 bridgehead atoms. The number of hydrogen-bond donors (Lipinski definition) is 0. The fourth-order valence-corrected chi connectivity index (χ4v) is 3.34. The van der Waals surface area contributed by atoms with Crippen molar-refractivity contribution < 1.29 is 4.79 Å². The van der Waals surface area contributed by atoms with Gasteiger partial charge in [-0.25, -0.2) is 15.0 Å². The van der Waals surface area contributed by atoms with Crippen LogP contribution in [0, 0.1) is 6.92 Å². The minimum Gasteiger partial charge on any atom is -0.298 e. The second-order valence-corrected chi connectivity index (χ2v) is 6.44. The van der Waals surface area contributed by atoms with E-state index in [-0.39, 0.29) is 0 Å². The van der Waals surface area contributed by atoms with Crippen LogP contribution in [0.4, 0.5) is 0 Å². The number of nitrogens with zero attached hydrogens (tertiary/aromatic N) is 3. The smallest absolute Gasteiger partial charge is 0.178 e. The van der Waals surface area contributed by atoms with Crippen LogP contribution < -0.4 is 0 Å². The standard InChI is InChI=1S/C21H19N3O/c1-14-10-11-19(21-22-12-15-6-3-5-9-18(15)24-21)23-20(14)17-8-4-2-7-16(17)13-25/h2,4,7-8,10-13H,3,5-6,9H2,1H3. The van der Waals surface area contributed by atoms with E-state index in [9.17, 15) is 4.79 Å². The molecule has 25 heavy (non-hydrogen) atoms. The molecule has 0 unspecified atom stereocenters. The summed E-state index contributed by atoms with van der Waals surface area (Å²) >= 11 is 0. The molecule has 0 radical (unpaired) electrons. The molecule has 0 atom stereocenters. The van der Waals surface area contributed by atoms with Crippen molar-refractivity contribution in [1.82, 2.24) is 15.0 Å². The predicted molar refractivity (Wildman–Crippen MR) is 97.5 cm³/mol. The molecule has 0 amide bonds. The third-order valence-corrected chi connectivity index (χ3v) is 4.73. The molecule has 4 heteroatoms. The normalized spacial score (nSPS) is 13.3. The quantitative estimate of drug-likeness (QED) is 0.676. The van der Waals surface area contributed by atoms with E-state index >= 15 is 0 Å². The highest BCUT2D eigenvalue weighted by Gasteiger charge is 2.15. The van der Waals surface area contributed by atoms with Gasteiger partial charge in [0.15, 0.2) is 12.1 Å². The monoisotopic (exact) mass is 329 g/mol. The van der Waals surface area contributed by atoms with Gasteiger partial charge in [-0.15, -0.1) is 0 Å². The molecule has 1 aliphatic rings. The Labute approximate surface area is 147 Å². The van der Waals surface area contributed by atoms with Crippen molar-refractivity contribution in [1.29, 1.82) is 0 Å². The van der Waals surface area contributed by atoms with E-state index in [4.69, 9.17) is 9.97 Å². The third kappa shape index (κ3) is 2.95. The van der Waals surface area contributed by atoms with Crippen LogP contribution in [-0.4, -0.2) is 21.2 Å². The van der Waals surface area contributed by atoms with E-state index in [1.807, 2.05) is 49.5 Å². The summed E-state index contributed by atoms with van der Waals surface area (Å²) in [5.74, 6) is 0.658. The van der Waals surface area contributed by atoms with Gasteiger partial charge in [0.05, 0.1) is 5.69 Å². The van der Waals surface area contributed by atoms with Crippen molar-refractivity contribution in [3.05, 3.63) is 65.0 Å². The summed E-state index contributed by atoms with van der Waals surface area (Å²) in [5, 5.41) is 0. The minimum atomic E-state index is 0.640. The van der Waals surface area contributed by atoms with Crippen molar-refractivity contribution in [2.45, 2.75) is 32.6 Å². The van der Waals surface area contributed by atoms with Gasteiger partial charge in [0.2, 0.25) is 0 Å². The molecule has 0 N–H and O–H groups in total. The highest BCUT2D eigenvalue weighted by molar-refractivity contribution is 5.87. The lowest BCUT2D eigenvalue weighted by molar-refractivity contribution is 0.112. The van der Waals surface area contributed by atoms with Gasteiger partial charge >= 0.3 is 0 Å². The molecule has 1 aromatic carbocycles. The topological polar surface area (TPSA) is 55.7 Å². The van der Waals surface area contributed by atoms with Crippen LogP contribution in [0.25, 0.3) is 22.8 Å². The van der Waals surface area contributed by atoms with Crippen molar-refractivity contribution in [3.8, 4) is 22.8 Å². The number of aromatic nitrogens is 3. The maximum absolute atomic E-state index is 11.4. The highest BCUT2D eigenvalue weighted by atomic mass is 16.1. The van der Waals surface area contributed by atoms with Gasteiger partial charge in [-0.3, -0.25) is 4.79 Å². The van der Waals surface area contributed by atoms with E-state index in [1.165, 1.54) is 18.4 Å². The first-order valence-corrected chi connectivity index (χ1v) is 8.63. The average Bonchev–Trinajstić information content (AvgIpc) is 2.68. The lowest BCUT2D eigenvalue weighted by Gasteiger charge is -2.15. The lowest BCUT2D eigenvalue weighted by atomic mass is 9.97. The zero-order valence-corrected chi connectivity index (χ0v) is 14.2. The van der Waals surface area contributed by atoms with Crippen LogP contribution in [0.5, 0.6) is 0 Å². The molecule has 0 aliphatic heterocycles. The van der Waals surface area contributed by atoms with Crippen LogP contribution in [0.2, 0.25) is 0 Å². The highest BCUT2D eigenvalue weighted by Crippen LogP contribution is 2.27. The number of aldehydes is 1. The Morgan fingerprint density at radius 1 is 1.00 bits per heavy atom. The molecule has 0 saturated carbocycles. The number of pyridine rings is 1. The fourth-order valence-electron chi connectivity index (χ4n) is 3.34. The van der Waals surface area contributed by atoms with Crippen molar-refractivity contribution in [3.63, 3.8) is 0 Å². The van der Waals surface area contributed by atoms with E-state index in [2.05, 4.69) is 4.98 Å². The van der Waals surface area contributed by atoms with E-state index in [0.717, 1.165) is 47.3 Å². The summed E-state index contributed by atoms with van der Waals surface area (Å²) in [5.41, 5.74) is 6.46. The fraction of sp³-hybridized carbons (Fsp3) is 0.238. The first-order valence-electron chi connectivity index (χ1n) is 8.63. The van der Waals surface area contributed by atoms with Crippen LogP contribution in [-0.2, 0) is 12.8 Å². The zero-order chi connectivity index (χ0) is 17.2. The van der Waals surface area contributed by atoms with Crippen molar-refractivity contribution in [2.75, 3.05) is 0 Å². The zero-order valence-electron chi connectivity index (χ0n) is 14.2. The summed E-state index contributed by atoms with van der Waals surface area (Å²) < 4.78 is 0. The summed E-state index contributed by atoms with van der Waals surface area (Å²) in [6.45, 7) is 2.00. The molecule has 0 fully saturated rings. The Kier molecular flexibility index (Phi) is 4.10. The third-order valence-electron chi connectivity index (χ3n) is 4.73. The van der Waals surface area contributed by atoms with Gasteiger partial charge in [-0.05, 0) is 49.8 Å².